The Labute approximate surface area is 111 Å². The van der Waals surface area contributed by atoms with Gasteiger partial charge in [0.2, 0.25) is 5.91 Å². The average molecular weight is 263 g/mol. The van der Waals surface area contributed by atoms with E-state index in [0.717, 1.165) is 25.9 Å². The van der Waals surface area contributed by atoms with Crippen LogP contribution in [0.5, 0.6) is 0 Å². The van der Waals surface area contributed by atoms with Gasteiger partial charge < -0.3 is 10.2 Å². The molecule has 6 nitrogen and oxygen atoms in total. The second-order valence-electron chi connectivity index (χ2n) is 4.67. The zero-order chi connectivity index (χ0) is 13.8. The molecule has 0 aromatic heterocycles. The lowest BCUT2D eigenvalue weighted by Crippen LogP contribution is -2.33. The SMILES string of the molecule is Cc1cccc(NCC(=O)N2CCCC2)c1[N+](=O)[O-]. The quantitative estimate of drug-likeness (QED) is 0.665. The minimum absolute atomic E-state index is 0.00620. The van der Waals surface area contributed by atoms with Gasteiger partial charge in [-0.05, 0) is 25.8 Å². The smallest absolute Gasteiger partial charge is 0.295 e. The monoisotopic (exact) mass is 263 g/mol. The topological polar surface area (TPSA) is 75.5 Å². The van der Waals surface area contributed by atoms with Crippen LogP contribution in [0, 0.1) is 17.0 Å². The van der Waals surface area contributed by atoms with Gasteiger partial charge in [0.1, 0.15) is 5.69 Å². The second kappa shape index (κ2) is 5.69. The standard InChI is InChI=1S/C13H17N3O3/c1-10-5-4-6-11(13(10)16(18)19)14-9-12(17)15-7-2-3-8-15/h4-6,14H,2-3,7-9H2,1H3. The molecule has 0 spiro atoms. The molecule has 1 saturated heterocycles. The summed E-state index contributed by atoms with van der Waals surface area (Å²) in [5.41, 5.74) is 1.03. The number of nitrogens with one attached hydrogen (secondary N) is 1. The highest BCUT2D eigenvalue weighted by molar-refractivity contribution is 5.82. The van der Waals surface area contributed by atoms with Gasteiger partial charge in [0, 0.05) is 18.7 Å². The number of amides is 1. The maximum atomic E-state index is 11.9. The number of likely N-dealkylation sites (tertiary alicyclic amines) is 1. The molecule has 1 aromatic rings. The summed E-state index contributed by atoms with van der Waals surface area (Å²) in [4.78, 5) is 24.3. The minimum atomic E-state index is -0.419. The minimum Gasteiger partial charge on any atom is -0.371 e. The highest BCUT2D eigenvalue weighted by Crippen LogP contribution is 2.27. The van der Waals surface area contributed by atoms with E-state index in [1.807, 2.05) is 0 Å². The molecule has 0 radical (unpaired) electrons. The Morgan fingerprint density at radius 2 is 2.11 bits per heavy atom. The van der Waals surface area contributed by atoms with Crippen LogP contribution in [0.4, 0.5) is 11.4 Å². The van der Waals surface area contributed by atoms with Crippen molar-refractivity contribution < 1.29 is 9.72 Å². The third-order valence-electron chi connectivity index (χ3n) is 3.31. The van der Waals surface area contributed by atoms with Crippen molar-refractivity contribution >= 4 is 17.3 Å². The summed E-state index contributed by atoms with van der Waals surface area (Å²) in [6.07, 6.45) is 2.08. The van der Waals surface area contributed by atoms with Crippen LogP contribution < -0.4 is 5.32 Å². The van der Waals surface area contributed by atoms with Gasteiger partial charge in [-0.2, -0.15) is 0 Å². The molecule has 6 heteroatoms. The van der Waals surface area contributed by atoms with Crippen LogP contribution in [0.15, 0.2) is 18.2 Å². The van der Waals surface area contributed by atoms with E-state index in [1.165, 1.54) is 0 Å². The van der Waals surface area contributed by atoms with Crippen LogP contribution in [0.3, 0.4) is 0 Å². The first-order valence-electron chi connectivity index (χ1n) is 6.35. The lowest BCUT2D eigenvalue weighted by atomic mass is 10.1. The summed E-state index contributed by atoms with van der Waals surface area (Å²) in [5.74, 6) is -0.00620. The molecule has 0 atom stereocenters. The predicted molar refractivity (Wildman–Crippen MR) is 72.1 cm³/mol. The molecule has 1 aliphatic rings. The van der Waals surface area contributed by atoms with Crippen molar-refractivity contribution in [2.75, 3.05) is 25.0 Å². The molecule has 1 N–H and O–H groups in total. The zero-order valence-corrected chi connectivity index (χ0v) is 10.9. The molecule has 1 aromatic carbocycles. The lowest BCUT2D eigenvalue weighted by molar-refractivity contribution is -0.384. The maximum absolute atomic E-state index is 11.9. The Bertz CT molecular complexity index is 496. The van der Waals surface area contributed by atoms with E-state index >= 15 is 0 Å². The van der Waals surface area contributed by atoms with E-state index in [4.69, 9.17) is 0 Å². The molecule has 102 valence electrons. The van der Waals surface area contributed by atoms with Crippen molar-refractivity contribution in [3.63, 3.8) is 0 Å². The molecule has 0 aliphatic carbocycles. The van der Waals surface area contributed by atoms with E-state index in [9.17, 15) is 14.9 Å². The van der Waals surface area contributed by atoms with Crippen molar-refractivity contribution in [3.8, 4) is 0 Å². The van der Waals surface area contributed by atoms with Crippen molar-refractivity contribution in [2.45, 2.75) is 19.8 Å². The van der Waals surface area contributed by atoms with Gasteiger partial charge in [0.05, 0.1) is 11.5 Å². The first-order chi connectivity index (χ1) is 9.09. The number of nitrogens with zero attached hydrogens (tertiary/aromatic N) is 2. The molecule has 19 heavy (non-hydrogen) atoms. The Kier molecular flexibility index (Phi) is 3.99. The molecule has 1 heterocycles. The van der Waals surface area contributed by atoms with Gasteiger partial charge in [-0.15, -0.1) is 0 Å². The number of hydrogen-bond donors (Lipinski definition) is 1. The molecule has 1 fully saturated rings. The number of hydrogen-bond acceptors (Lipinski definition) is 4. The van der Waals surface area contributed by atoms with E-state index in [-0.39, 0.29) is 18.1 Å². The Morgan fingerprint density at radius 1 is 1.42 bits per heavy atom. The summed E-state index contributed by atoms with van der Waals surface area (Å²) in [6, 6.07) is 5.05. The highest BCUT2D eigenvalue weighted by Gasteiger charge is 2.20. The predicted octanol–water partition coefficient (Wildman–Crippen LogP) is 1.94. The first kappa shape index (κ1) is 13.3. The van der Waals surface area contributed by atoms with E-state index in [1.54, 1.807) is 30.0 Å². The highest BCUT2D eigenvalue weighted by atomic mass is 16.6. The van der Waals surface area contributed by atoms with Crippen molar-refractivity contribution in [3.05, 3.63) is 33.9 Å². The van der Waals surface area contributed by atoms with Gasteiger partial charge in [-0.1, -0.05) is 12.1 Å². The number of para-hydroxylation sites is 1. The summed E-state index contributed by atoms with van der Waals surface area (Å²) in [7, 11) is 0. The van der Waals surface area contributed by atoms with E-state index in [2.05, 4.69) is 5.32 Å². The molecule has 0 bridgehead atoms. The number of rotatable bonds is 4. The summed E-state index contributed by atoms with van der Waals surface area (Å²) < 4.78 is 0. The van der Waals surface area contributed by atoms with Gasteiger partial charge in [-0.25, -0.2) is 0 Å². The number of benzene rings is 1. The Hall–Kier alpha value is -2.11. The Morgan fingerprint density at radius 3 is 2.74 bits per heavy atom. The molecule has 2 rings (SSSR count). The number of nitro groups is 1. The van der Waals surface area contributed by atoms with Gasteiger partial charge in [0.25, 0.3) is 5.69 Å². The van der Waals surface area contributed by atoms with Crippen molar-refractivity contribution in [1.29, 1.82) is 0 Å². The van der Waals surface area contributed by atoms with Gasteiger partial charge in [0.15, 0.2) is 0 Å². The summed E-state index contributed by atoms with van der Waals surface area (Å²) in [6.45, 7) is 3.36. The maximum Gasteiger partial charge on any atom is 0.295 e. The molecular weight excluding hydrogens is 246 g/mol. The fourth-order valence-electron chi connectivity index (χ4n) is 2.29. The molecule has 0 saturated carbocycles. The van der Waals surface area contributed by atoms with Crippen molar-refractivity contribution in [2.24, 2.45) is 0 Å². The number of anilines is 1. The van der Waals surface area contributed by atoms with Crippen LogP contribution >= 0.6 is 0 Å². The number of nitro benzene ring substituents is 1. The van der Waals surface area contributed by atoms with Crippen LogP contribution in [-0.2, 0) is 4.79 Å². The van der Waals surface area contributed by atoms with Crippen LogP contribution in [-0.4, -0.2) is 35.4 Å². The number of carbonyl (C=O) groups excluding carboxylic acids is 1. The fraction of sp³-hybridized carbons (Fsp3) is 0.462. The fourth-order valence-corrected chi connectivity index (χ4v) is 2.29. The molecule has 1 amide bonds. The van der Waals surface area contributed by atoms with Crippen LogP contribution in [0.2, 0.25) is 0 Å². The van der Waals surface area contributed by atoms with Gasteiger partial charge >= 0.3 is 0 Å². The van der Waals surface area contributed by atoms with E-state index < -0.39 is 4.92 Å². The van der Waals surface area contributed by atoms with Crippen LogP contribution in [0.25, 0.3) is 0 Å². The summed E-state index contributed by atoms with van der Waals surface area (Å²) in [5, 5.41) is 13.9. The third-order valence-corrected chi connectivity index (χ3v) is 3.31. The number of aryl methyl sites for hydroxylation is 1. The zero-order valence-electron chi connectivity index (χ0n) is 10.9. The van der Waals surface area contributed by atoms with Crippen molar-refractivity contribution in [1.82, 2.24) is 4.90 Å². The normalized spacial score (nSPS) is 14.5. The second-order valence-corrected chi connectivity index (χ2v) is 4.67. The average Bonchev–Trinajstić information content (AvgIpc) is 2.89. The Balaban J connectivity index is 2.05. The molecule has 0 unspecified atom stereocenters. The third kappa shape index (κ3) is 3.01. The summed E-state index contributed by atoms with van der Waals surface area (Å²) >= 11 is 0. The lowest BCUT2D eigenvalue weighted by Gasteiger charge is -2.16. The molecular formula is C13H17N3O3. The largest absolute Gasteiger partial charge is 0.371 e. The number of carbonyl (C=O) groups is 1. The van der Waals surface area contributed by atoms with E-state index in [0.29, 0.717) is 11.3 Å². The first-order valence-corrected chi connectivity index (χ1v) is 6.35. The molecule has 1 aliphatic heterocycles. The van der Waals surface area contributed by atoms with Crippen LogP contribution in [0.1, 0.15) is 18.4 Å². The van der Waals surface area contributed by atoms with Gasteiger partial charge in [-0.3, -0.25) is 14.9 Å².